The number of nitrogens with one attached hydrogen (secondary N) is 2. The Balaban J connectivity index is 2.41. The van der Waals surface area contributed by atoms with Gasteiger partial charge in [0.05, 0.1) is 12.0 Å². The lowest BCUT2D eigenvalue weighted by atomic mass is 10.1. The summed E-state index contributed by atoms with van der Waals surface area (Å²) in [6.07, 6.45) is 2.84. The van der Waals surface area contributed by atoms with Crippen LogP contribution in [0, 0.1) is 0 Å². The molecule has 1 unspecified atom stereocenters. The average Bonchev–Trinajstić information content (AvgIpc) is 3.03. The Labute approximate surface area is 175 Å². The average molecular weight is 419 g/mol. The number of anilines is 1. The van der Waals surface area contributed by atoms with Gasteiger partial charge in [0.15, 0.2) is 5.82 Å². The van der Waals surface area contributed by atoms with Crippen molar-refractivity contribution < 1.29 is 23.9 Å². The SMILES string of the molecule is CC(=O)N1CC(=O)N/C(=C\c2[nH]cnc2N(C(C)C)C(C)C(=O)OC(C)(C)C)C1=O. The lowest BCUT2D eigenvalue weighted by Gasteiger charge is -2.34. The van der Waals surface area contributed by atoms with Crippen molar-refractivity contribution in [3.63, 3.8) is 0 Å². The van der Waals surface area contributed by atoms with Gasteiger partial charge in [-0.05, 0) is 47.6 Å². The Morgan fingerprint density at radius 2 is 1.90 bits per heavy atom. The fourth-order valence-corrected chi connectivity index (χ4v) is 3.09. The van der Waals surface area contributed by atoms with Crippen molar-refractivity contribution >= 4 is 35.6 Å². The molecule has 1 aromatic heterocycles. The van der Waals surface area contributed by atoms with E-state index in [1.807, 2.05) is 13.8 Å². The molecule has 2 N–H and O–H groups in total. The molecule has 3 amide bonds. The van der Waals surface area contributed by atoms with Crippen molar-refractivity contribution in [2.75, 3.05) is 11.4 Å². The molecule has 2 heterocycles. The number of rotatable bonds is 5. The molecule has 1 aromatic rings. The molecule has 164 valence electrons. The van der Waals surface area contributed by atoms with E-state index in [4.69, 9.17) is 4.74 Å². The Morgan fingerprint density at radius 1 is 1.27 bits per heavy atom. The minimum atomic E-state index is -0.657. The van der Waals surface area contributed by atoms with Crippen LogP contribution in [0.15, 0.2) is 12.0 Å². The van der Waals surface area contributed by atoms with E-state index in [-0.39, 0.29) is 18.3 Å². The Kier molecular flexibility index (Phi) is 6.69. The second-order valence-corrected chi connectivity index (χ2v) is 8.37. The van der Waals surface area contributed by atoms with E-state index in [1.54, 1.807) is 32.6 Å². The van der Waals surface area contributed by atoms with Gasteiger partial charge in [0.25, 0.3) is 5.91 Å². The third-order valence-corrected chi connectivity index (χ3v) is 4.33. The number of aromatic amines is 1. The van der Waals surface area contributed by atoms with Crippen molar-refractivity contribution in [2.24, 2.45) is 0 Å². The Bertz CT molecular complexity index is 880. The summed E-state index contributed by atoms with van der Waals surface area (Å²) in [6, 6.07) is -0.784. The second-order valence-electron chi connectivity index (χ2n) is 8.37. The molecular formula is C20H29N5O5. The monoisotopic (exact) mass is 419 g/mol. The fraction of sp³-hybridized carbons (Fsp3) is 0.550. The van der Waals surface area contributed by atoms with Crippen LogP contribution in [0.1, 0.15) is 54.2 Å². The van der Waals surface area contributed by atoms with Crippen LogP contribution in [-0.4, -0.2) is 62.8 Å². The quantitative estimate of drug-likeness (QED) is 0.543. The van der Waals surface area contributed by atoms with Crippen LogP contribution in [0.3, 0.4) is 0 Å². The van der Waals surface area contributed by atoms with E-state index in [2.05, 4.69) is 15.3 Å². The number of imidazole rings is 1. The highest BCUT2D eigenvalue weighted by Crippen LogP contribution is 2.25. The van der Waals surface area contributed by atoms with Gasteiger partial charge in [-0.3, -0.25) is 19.3 Å². The summed E-state index contributed by atoms with van der Waals surface area (Å²) in [6.45, 7) is 11.8. The minimum absolute atomic E-state index is 0.0550. The summed E-state index contributed by atoms with van der Waals surface area (Å²) in [5.41, 5.74) is -0.284. The first kappa shape index (κ1) is 23.1. The first-order valence-corrected chi connectivity index (χ1v) is 9.70. The summed E-state index contributed by atoms with van der Waals surface area (Å²) < 4.78 is 5.50. The molecule has 30 heavy (non-hydrogen) atoms. The number of ether oxygens (including phenoxy) is 1. The van der Waals surface area contributed by atoms with E-state index in [0.29, 0.717) is 11.5 Å². The van der Waals surface area contributed by atoms with Crippen molar-refractivity contribution in [3.8, 4) is 0 Å². The smallest absolute Gasteiger partial charge is 0.329 e. The third-order valence-electron chi connectivity index (χ3n) is 4.33. The maximum Gasteiger partial charge on any atom is 0.329 e. The summed E-state index contributed by atoms with van der Waals surface area (Å²) in [5, 5.41) is 2.49. The predicted molar refractivity (Wildman–Crippen MR) is 110 cm³/mol. The summed E-state index contributed by atoms with van der Waals surface area (Å²) in [5.74, 6) is -1.60. The summed E-state index contributed by atoms with van der Waals surface area (Å²) >= 11 is 0. The zero-order chi connectivity index (χ0) is 22.8. The molecule has 10 heteroatoms. The number of piperazine rings is 1. The molecule has 0 aliphatic carbocycles. The largest absolute Gasteiger partial charge is 0.458 e. The molecule has 1 aliphatic rings. The number of esters is 1. The number of carbonyl (C=O) groups is 4. The number of hydrogen-bond acceptors (Lipinski definition) is 7. The van der Waals surface area contributed by atoms with E-state index in [0.717, 1.165) is 4.90 Å². The molecule has 1 saturated heterocycles. The molecule has 1 fully saturated rings. The van der Waals surface area contributed by atoms with E-state index >= 15 is 0 Å². The number of hydrogen-bond donors (Lipinski definition) is 2. The highest BCUT2D eigenvalue weighted by Gasteiger charge is 2.33. The van der Waals surface area contributed by atoms with Crippen LogP contribution in [-0.2, 0) is 23.9 Å². The standard InChI is InChI=1S/C20H29N5O5/c1-11(2)25(12(3)19(29)30-20(5,6)7)17-14(21-10-22-17)8-15-18(28)24(13(4)26)9-16(27)23-15/h8,10-12H,9H2,1-7H3,(H,21,22)(H,23,27)/b15-8-. The minimum Gasteiger partial charge on any atom is -0.458 e. The van der Waals surface area contributed by atoms with Crippen molar-refractivity contribution in [1.29, 1.82) is 0 Å². The van der Waals surface area contributed by atoms with Gasteiger partial charge in [-0.2, -0.15) is 0 Å². The van der Waals surface area contributed by atoms with E-state index in [9.17, 15) is 19.2 Å². The molecular weight excluding hydrogens is 390 g/mol. The number of imide groups is 1. The lowest BCUT2D eigenvalue weighted by Crippen LogP contribution is -2.51. The van der Waals surface area contributed by atoms with Crippen LogP contribution in [0.4, 0.5) is 5.82 Å². The summed E-state index contributed by atoms with van der Waals surface area (Å²) in [4.78, 5) is 58.6. The van der Waals surface area contributed by atoms with Crippen LogP contribution in [0.25, 0.3) is 6.08 Å². The van der Waals surface area contributed by atoms with E-state index in [1.165, 1.54) is 19.3 Å². The van der Waals surface area contributed by atoms with Gasteiger partial charge < -0.3 is 19.9 Å². The van der Waals surface area contributed by atoms with E-state index < -0.39 is 35.3 Å². The molecule has 10 nitrogen and oxygen atoms in total. The Hall–Kier alpha value is -3.17. The second kappa shape index (κ2) is 8.68. The van der Waals surface area contributed by atoms with Gasteiger partial charge in [0.1, 0.15) is 23.9 Å². The molecule has 0 spiro atoms. The van der Waals surface area contributed by atoms with Gasteiger partial charge >= 0.3 is 5.97 Å². The van der Waals surface area contributed by atoms with Gasteiger partial charge in [-0.1, -0.05) is 0 Å². The number of H-pyrrole nitrogens is 1. The van der Waals surface area contributed by atoms with Crippen molar-refractivity contribution in [2.45, 2.75) is 66.2 Å². The van der Waals surface area contributed by atoms with Gasteiger partial charge in [-0.15, -0.1) is 0 Å². The zero-order valence-electron chi connectivity index (χ0n) is 18.4. The zero-order valence-corrected chi connectivity index (χ0v) is 18.4. The molecule has 0 radical (unpaired) electrons. The number of nitrogens with zero attached hydrogens (tertiary/aromatic N) is 3. The van der Waals surface area contributed by atoms with Crippen molar-refractivity contribution in [3.05, 3.63) is 17.7 Å². The van der Waals surface area contributed by atoms with Gasteiger partial charge in [0.2, 0.25) is 11.8 Å². The first-order chi connectivity index (χ1) is 13.8. The summed E-state index contributed by atoms with van der Waals surface area (Å²) in [7, 11) is 0. The topological polar surface area (TPSA) is 125 Å². The number of amides is 3. The van der Waals surface area contributed by atoms with Crippen molar-refractivity contribution in [1.82, 2.24) is 20.2 Å². The maximum atomic E-state index is 12.6. The molecule has 0 aromatic carbocycles. The Morgan fingerprint density at radius 3 is 2.43 bits per heavy atom. The van der Waals surface area contributed by atoms with Gasteiger partial charge in [0, 0.05) is 13.0 Å². The highest BCUT2D eigenvalue weighted by molar-refractivity contribution is 6.12. The lowest BCUT2D eigenvalue weighted by molar-refractivity contribution is -0.156. The molecule has 2 rings (SSSR count). The normalized spacial score (nSPS) is 17.2. The van der Waals surface area contributed by atoms with Crippen LogP contribution >= 0.6 is 0 Å². The van der Waals surface area contributed by atoms with Crippen LogP contribution < -0.4 is 10.2 Å². The molecule has 0 bridgehead atoms. The fourth-order valence-electron chi connectivity index (χ4n) is 3.09. The van der Waals surface area contributed by atoms with Crippen LogP contribution in [0.5, 0.6) is 0 Å². The molecule has 1 aliphatic heterocycles. The third kappa shape index (κ3) is 5.25. The van der Waals surface area contributed by atoms with Gasteiger partial charge in [-0.25, -0.2) is 9.78 Å². The number of aromatic nitrogens is 2. The van der Waals surface area contributed by atoms with Crippen LogP contribution in [0.2, 0.25) is 0 Å². The highest BCUT2D eigenvalue weighted by atomic mass is 16.6. The maximum absolute atomic E-state index is 12.6. The number of carbonyl (C=O) groups excluding carboxylic acids is 4. The predicted octanol–water partition coefficient (Wildman–Crippen LogP) is 1.20. The molecule has 1 atom stereocenters. The molecule has 0 saturated carbocycles. The first-order valence-electron chi connectivity index (χ1n) is 9.70.